The fourth-order valence-corrected chi connectivity index (χ4v) is 4.94. The summed E-state index contributed by atoms with van der Waals surface area (Å²) >= 11 is 0. The summed E-state index contributed by atoms with van der Waals surface area (Å²) in [6, 6.07) is 11.0. The summed E-state index contributed by atoms with van der Waals surface area (Å²) in [5, 5.41) is 1.55. The molecule has 0 atom stereocenters. The van der Waals surface area contributed by atoms with E-state index in [0.717, 1.165) is 11.1 Å². The molecular formula is C20H29NO3S. The van der Waals surface area contributed by atoms with E-state index in [9.17, 15) is 8.42 Å². The summed E-state index contributed by atoms with van der Waals surface area (Å²) < 4.78 is 34.0. The monoisotopic (exact) mass is 363 g/mol. The normalized spacial score (nSPS) is 12.5. The van der Waals surface area contributed by atoms with Crippen molar-refractivity contribution in [3.63, 3.8) is 0 Å². The lowest BCUT2D eigenvalue weighted by Gasteiger charge is -2.26. The fourth-order valence-electron chi connectivity index (χ4n) is 2.97. The maximum absolute atomic E-state index is 13.4. The van der Waals surface area contributed by atoms with Gasteiger partial charge in [0.15, 0.2) is 0 Å². The minimum Gasteiger partial charge on any atom is -0.493 e. The molecule has 0 aliphatic heterocycles. The lowest BCUT2D eigenvalue weighted by molar-refractivity contribution is 0.333. The smallest absolute Gasteiger partial charge is 0.243 e. The Kier molecular flexibility index (Phi) is 6.47. The first-order chi connectivity index (χ1) is 11.8. The van der Waals surface area contributed by atoms with Gasteiger partial charge in [-0.15, -0.1) is 0 Å². The first-order valence-corrected chi connectivity index (χ1v) is 10.4. The van der Waals surface area contributed by atoms with Crippen LogP contribution in [-0.4, -0.2) is 32.4 Å². The van der Waals surface area contributed by atoms with Gasteiger partial charge in [-0.2, -0.15) is 4.31 Å². The Hall–Kier alpha value is -1.59. The Morgan fingerprint density at radius 1 is 0.920 bits per heavy atom. The van der Waals surface area contributed by atoms with Crippen molar-refractivity contribution in [3.8, 4) is 5.75 Å². The number of fused-ring (bicyclic) bond motifs is 1. The second kappa shape index (κ2) is 8.19. The molecule has 25 heavy (non-hydrogen) atoms. The molecule has 2 aromatic carbocycles. The molecule has 0 saturated carbocycles. The van der Waals surface area contributed by atoms with Gasteiger partial charge in [0, 0.05) is 23.9 Å². The minimum absolute atomic E-state index is 0.266. The zero-order valence-corrected chi connectivity index (χ0v) is 16.6. The Bertz CT molecular complexity index is 803. The highest BCUT2D eigenvalue weighted by molar-refractivity contribution is 7.89. The van der Waals surface area contributed by atoms with Crippen molar-refractivity contribution < 1.29 is 13.2 Å². The summed E-state index contributed by atoms with van der Waals surface area (Å²) in [4.78, 5) is 0.354. The molecule has 0 fully saturated rings. The zero-order chi connectivity index (χ0) is 18.6. The van der Waals surface area contributed by atoms with E-state index < -0.39 is 10.0 Å². The lowest BCUT2D eigenvalue weighted by atomic mass is 10.1. The summed E-state index contributed by atoms with van der Waals surface area (Å²) in [5.74, 6) is 1.25. The predicted octanol–water partition coefficient (Wildman–Crippen LogP) is 4.54. The van der Waals surface area contributed by atoms with Crippen LogP contribution in [0.15, 0.2) is 41.3 Å². The number of hydrogen-bond donors (Lipinski definition) is 0. The summed E-state index contributed by atoms with van der Waals surface area (Å²) in [6.45, 7) is 11.7. The Balaban J connectivity index is 2.60. The van der Waals surface area contributed by atoms with Crippen LogP contribution in [0.4, 0.5) is 0 Å². The van der Waals surface area contributed by atoms with Gasteiger partial charge in [0.1, 0.15) is 5.75 Å². The second-order valence-electron chi connectivity index (χ2n) is 7.15. The number of rotatable bonds is 8. The zero-order valence-electron chi connectivity index (χ0n) is 15.8. The van der Waals surface area contributed by atoms with E-state index in [4.69, 9.17) is 4.74 Å². The minimum atomic E-state index is -3.57. The van der Waals surface area contributed by atoms with Gasteiger partial charge in [-0.1, -0.05) is 52.0 Å². The average molecular weight is 364 g/mol. The van der Waals surface area contributed by atoms with Crippen LogP contribution in [0.25, 0.3) is 10.8 Å². The molecule has 0 bridgehead atoms. The van der Waals surface area contributed by atoms with Crippen molar-refractivity contribution in [1.29, 1.82) is 0 Å². The molecule has 5 heteroatoms. The third-order valence-electron chi connectivity index (χ3n) is 3.90. The molecule has 0 heterocycles. The van der Waals surface area contributed by atoms with Gasteiger partial charge < -0.3 is 4.74 Å². The highest BCUT2D eigenvalue weighted by atomic mass is 32.2. The molecule has 0 unspecified atom stereocenters. The van der Waals surface area contributed by atoms with Crippen molar-refractivity contribution in [2.75, 3.05) is 19.7 Å². The molecule has 0 aromatic heterocycles. The van der Waals surface area contributed by atoms with Crippen LogP contribution < -0.4 is 4.74 Å². The van der Waals surface area contributed by atoms with E-state index in [2.05, 4.69) is 0 Å². The van der Waals surface area contributed by atoms with Crippen LogP contribution in [0.5, 0.6) is 5.75 Å². The Morgan fingerprint density at radius 2 is 1.48 bits per heavy atom. The maximum atomic E-state index is 13.4. The molecule has 2 rings (SSSR count). The first-order valence-electron chi connectivity index (χ1n) is 8.92. The number of hydrogen-bond acceptors (Lipinski definition) is 3. The average Bonchev–Trinajstić information content (AvgIpc) is 2.53. The van der Waals surface area contributed by atoms with Crippen molar-refractivity contribution in [2.45, 2.75) is 39.5 Å². The predicted molar refractivity (Wildman–Crippen MR) is 104 cm³/mol. The van der Waals surface area contributed by atoms with E-state index in [0.29, 0.717) is 30.0 Å². The van der Waals surface area contributed by atoms with Crippen LogP contribution in [0.1, 0.15) is 34.6 Å². The molecule has 0 spiro atoms. The Morgan fingerprint density at radius 3 is 2.00 bits per heavy atom. The first kappa shape index (κ1) is 19.7. The molecule has 0 radical (unpaired) electrons. The van der Waals surface area contributed by atoms with E-state index in [1.807, 2.05) is 58.9 Å². The van der Waals surface area contributed by atoms with Crippen molar-refractivity contribution in [3.05, 3.63) is 36.4 Å². The Labute approximate surface area is 151 Å². The lowest BCUT2D eigenvalue weighted by Crippen LogP contribution is -2.37. The van der Waals surface area contributed by atoms with Gasteiger partial charge in [0.2, 0.25) is 10.0 Å². The van der Waals surface area contributed by atoms with Crippen LogP contribution in [0.3, 0.4) is 0 Å². The number of sulfonamides is 1. The molecule has 0 aliphatic carbocycles. The maximum Gasteiger partial charge on any atom is 0.243 e. The SMILES string of the molecule is CCOc1ccc(S(=O)(=O)N(CC(C)C)CC(C)C)c2ccccc12. The third-order valence-corrected chi connectivity index (χ3v) is 5.79. The molecular weight excluding hydrogens is 334 g/mol. The van der Waals surface area contributed by atoms with E-state index in [1.54, 1.807) is 16.4 Å². The summed E-state index contributed by atoms with van der Waals surface area (Å²) in [6.07, 6.45) is 0. The van der Waals surface area contributed by atoms with Gasteiger partial charge in [-0.3, -0.25) is 0 Å². The van der Waals surface area contributed by atoms with Crippen molar-refractivity contribution >= 4 is 20.8 Å². The van der Waals surface area contributed by atoms with E-state index in [1.165, 1.54) is 0 Å². The quantitative estimate of drug-likeness (QED) is 0.692. The molecule has 0 aliphatic rings. The molecule has 4 nitrogen and oxygen atoms in total. The molecule has 0 saturated heterocycles. The fraction of sp³-hybridized carbons (Fsp3) is 0.500. The topological polar surface area (TPSA) is 46.6 Å². The van der Waals surface area contributed by atoms with E-state index >= 15 is 0 Å². The molecule has 2 aromatic rings. The standard InChI is InChI=1S/C20H29NO3S/c1-6-24-19-11-12-20(18-10-8-7-9-17(18)19)25(22,23)21(13-15(2)3)14-16(4)5/h7-12,15-16H,6,13-14H2,1-5H3. The van der Waals surface area contributed by atoms with Crippen LogP contribution in [-0.2, 0) is 10.0 Å². The van der Waals surface area contributed by atoms with Crippen molar-refractivity contribution in [2.24, 2.45) is 11.8 Å². The van der Waals surface area contributed by atoms with Gasteiger partial charge in [0.05, 0.1) is 11.5 Å². The van der Waals surface area contributed by atoms with E-state index in [-0.39, 0.29) is 11.8 Å². The van der Waals surface area contributed by atoms with Crippen LogP contribution in [0.2, 0.25) is 0 Å². The van der Waals surface area contributed by atoms with Gasteiger partial charge >= 0.3 is 0 Å². The number of benzene rings is 2. The number of ether oxygens (including phenoxy) is 1. The third kappa shape index (κ3) is 4.53. The van der Waals surface area contributed by atoms with Gasteiger partial charge in [-0.05, 0) is 30.9 Å². The molecule has 0 N–H and O–H groups in total. The molecule has 138 valence electrons. The van der Waals surface area contributed by atoms with Gasteiger partial charge in [0.25, 0.3) is 0 Å². The summed E-state index contributed by atoms with van der Waals surface area (Å²) in [7, 11) is -3.57. The van der Waals surface area contributed by atoms with Crippen LogP contribution >= 0.6 is 0 Å². The highest BCUT2D eigenvalue weighted by Gasteiger charge is 2.28. The number of nitrogens with zero attached hydrogens (tertiary/aromatic N) is 1. The van der Waals surface area contributed by atoms with Crippen molar-refractivity contribution in [1.82, 2.24) is 4.31 Å². The summed E-state index contributed by atoms with van der Waals surface area (Å²) in [5.41, 5.74) is 0. The largest absolute Gasteiger partial charge is 0.493 e. The molecule has 0 amide bonds. The van der Waals surface area contributed by atoms with Crippen LogP contribution in [0, 0.1) is 11.8 Å². The second-order valence-corrected chi connectivity index (χ2v) is 9.06. The van der Waals surface area contributed by atoms with Gasteiger partial charge in [-0.25, -0.2) is 8.42 Å². The highest BCUT2D eigenvalue weighted by Crippen LogP contribution is 2.33.